The van der Waals surface area contributed by atoms with Crippen molar-refractivity contribution in [3.63, 3.8) is 0 Å². The van der Waals surface area contributed by atoms with Crippen LogP contribution >= 0.6 is 22.6 Å². The van der Waals surface area contributed by atoms with Gasteiger partial charge in [0.15, 0.2) is 0 Å². The molecule has 0 N–H and O–H groups in total. The molecule has 15 heavy (non-hydrogen) atoms. The summed E-state index contributed by atoms with van der Waals surface area (Å²) in [7, 11) is 0. The second-order valence-corrected chi connectivity index (χ2v) is 5.57. The van der Waals surface area contributed by atoms with Crippen molar-refractivity contribution in [2.75, 3.05) is 17.6 Å². The van der Waals surface area contributed by atoms with Crippen LogP contribution in [0.15, 0.2) is 0 Å². The van der Waals surface area contributed by atoms with Crippen LogP contribution in [0.25, 0.3) is 0 Å². The molecule has 88 valence electrons. The molecule has 2 rings (SSSR count). The van der Waals surface area contributed by atoms with E-state index < -0.39 is 0 Å². The van der Waals surface area contributed by atoms with E-state index in [4.69, 9.17) is 9.47 Å². The molecule has 0 bridgehead atoms. The fraction of sp³-hybridized carbons (Fsp3) is 1.00. The quantitative estimate of drug-likeness (QED) is 0.586. The summed E-state index contributed by atoms with van der Waals surface area (Å²) in [4.78, 5) is 0. The van der Waals surface area contributed by atoms with Crippen molar-refractivity contribution < 1.29 is 9.47 Å². The van der Waals surface area contributed by atoms with Gasteiger partial charge in [0.2, 0.25) is 0 Å². The molecule has 0 atom stereocenters. The Balaban J connectivity index is 1.87. The fourth-order valence-corrected chi connectivity index (χ4v) is 3.57. The Morgan fingerprint density at radius 2 is 1.80 bits per heavy atom. The van der Waals surface area contributed by atoms with Gasteiger partial charge in [-0.2, -0.15) is 0 Å². The third-order valence-corrected chi connectivity index (χ3v) is 4.98. The largest absolute Gasteiger partial charge is 0.381 e. The van der Waals surface area contributed by atoms with Crippen LogP contribution in [0.5, 0.6) is 0 Å². The minimum atomic E-state index is 0.209. The molecule has 0 aromatic carbocycles. The lowest BCUT2D eigenvalue weighted by Gasteiger charge is -2.40. The molecule has 0 unspecified atom stereocenters. The summed E-state index contributed by atoms with van der Waals surface area (Å²) in [5.74, 6) is 0. The molecule has 0 spiro atoms. The van der Waals surface area contributed by atoms with Crippen molar-refractivity contribution in [3.8, 4) is 0 Å². The van der Waals surface area contributed by atoms with Gasteiger partial charge >= 0.3 is 0 Å². The maximum absolute atomic E-state index is 6.38. The molecular weight excluding hydrogens is 303 g/mol. The first-order chi connectivity index (χ1) is 7.35. The highest BCUT2D eigenvalue weighted by molar-refractivity contribution is 14.1. The van der Waals surface area contributed by atoms with Crippen LogP contribution in [0.1, 0.15) is 44.9 Å². The molecule has 1 heterocycles. The molecule has 0 aromatic heterocycles. The van der Waals surface area contributed by atoms with E-state index in [1.54, 1.807) is 0 Å². The summed E-state index contributed by atoms with van der Waals surface area (Å²) in [5, 5.41) is 0. The van der Waals surface area contributed by atoms with E-state index in [2.05, 4.69) is 22.6 Å². The Morgan fingerprint density at radius 3 is 2.40 bits per heavy atom. The van der Waals surface area contributed by atoms with Gasteiger partial charge in [-0.25, -0.2) is 0 Å². The van der Waals surface area contributed by atoms with Crippen LogP contribution in [0.3, 0.4) is 0 Å². The van der Waals surface area contributed by atoms with Gasteiger partial charge in [0.05, 0.1) is 11.7 Å². The van der Waals surface area contributed by atoms with Gasteiger partial charge in [0.25, 0.3) is 0 Å². The molecule has 0 amide bonds. The summed E-state index contributed by atoms with van der Waals surface area (Å²) in [6.45, 7) is 1.78. The number of alkyl halides is 1. The number of ether oxygens (including phenoxy) is 2. The fourth-order valence-electron chi connectivity index (χ4n) is 2.63. The summed E-state index contributed by atoms with van der Waals surface area (Å²) in [6, 6.07) is 0. The molecule has 2 aliphatic rings. The third kappa shape index (κ3) is 3.30. The predicted octanol–water partition coefficient (Wildman–Crippen LogP) is 3.32. The number of rotatable bonds is 3. The van der Waals surface area contributed by atoms with Gasteiger partial charge < -0.3 is 9.47 Å². The summed E-state index contributed by atoms with van der Waals surface area (Å²) in [6.07, 6.45) is 9.30. The van der Waals surface area contributed by atoms with Gasteiger partial charge in [0.1, 0.15) is 0 Å². The van der Waals surface area contributed by atoms with E-state index in [9.17, 15) is 0 Å². The normalized spacial score (nSPS) is 27.8. The molecular formula is C12H21IO2. The van der Waals surface area contributed by atoms with Gasteiger partial charge in [-0.05, 0) is 25.7 Å². The lowest BCUT2D eigenvalue weighted by molar-refractivity contribution is -0.127. The van der Waals surface area contributed by atoms with Crippen molar-refractivity contribution in [1.29, 1.82) is 0 Å². The summed E-state index contributed by atoms with van der Waals surface area (Å²) >= 11 is 2.50. The summed E-state index contributed by atoms with van der Waals surface area (Å²) in [5.41, 5.74) is 0.209. The summed E-state index contributed by atoms with van der Waals surface area (Å²) < 4.78 is 12.9. The average Bonchev–Trinajstić information content (AvgIpc) is 2.32. The highest BCUT2D eigenvalue weighted by Gasteiger charge is 2.34. The Hall–Kier alpha value is 0.650. The molecule has 1 saturated carbocycles. The maximum Gasteiger partial charge on any atom is 0.0775 e. The molecule has 0 radical (unpaired) electrons. The number of hydrogen-bond donors (Lipinski definition) is 0. The number of halogens is 1. The van der Waals surface area contributed by atoms with Gasteiger partial charge in [-0.3, -0.25) is 0 Å². The van der Waals surface area contributed by atoms with E-state index in [1.807, 2.05) is 0 Å². The smallest absolute Gasteiger partial charge is 0.0775 e. The van der Waals surface area contributed by atoms with Crippen molar-refractivity contribution in [3.05, 3.63) is 0 Å². The molecule has 3 heteroatoms. The van der Waals surface area contributed by atoms with Crippen molar-refractivity contribution in [2.45, 2.75) is 56.7 Å². The van der Waals surface area contributed by atoms with Crippen molar-refractivity contribution in [2.24, 2.45) is 0 Å². The van der Waals surface area contributed by atoms with Gasteiger partial charge in [0, 0.05) is 17.6 Å². The first-order valence-corrected chi connectivity index (χ1v) is 7.69. The minimum Gasteiger partial charge on any atom is -0.381 e. The monoisotopic (exact) mass is 324 g/mol. The second-order valence-electron chi connectivity index (χ2n) is 4.81. The lowest BCUT2D eigenvalue weighted by atomic mass is 9.86. The Labute approximate surface area is 106 Å². The van der Waals surface area contributed by atoms with Crippen LogP contribution in [-0.2, 0) is 9.47 Å². The predicted molar refractivity (Wildman–Crippen MR) is 69.6 cm³/mol. The van der Waals surface area contributed by atoms with Crippen LogP contribution in [0, 0.1) is 0 Å². The first kappa shape index (κ1) is 12.1. The molecule has 0 aromatic rings. The highest BCUT2D eigenvalue weighted by Crippen LogP contribution is 2.35. The van der Waals surface area contributed by atoms with E-state index in [0.29, 0.717) is 6.10 Å². The first-order valence-electron chi connectivity index (χ1n) is 6.16. The van der Waals surface area contributed by atoms with Crippen LogP contribution in [0.4, 0.5) is 0 Å². The maximum atomic E-state index is 6.38. The van der Waals surface area contributed by atoms with Gasteiger partial charge in [-0.1, -0.05) is 41.9 Å². The Bertz CT molecular complexity index is 184. The van der Waals surface area contributed by atoms with Crippen molar-refractivity contribution >= 4 is 22.6 Å². The standard InChI is InChI=1S/C12H21IO2/c13-10-12(6-2-1-3-7-12)15-11-4-8-14-9-5-11/h11H,1-10H2. The molecule has 1 aliphatic heterocycles. The third-order valence-electron chi connectivity index (χ3n) is 3.59. The lowest BCUT2D eigenvalue weighted by Crippen LogP contribution is -2.42. The Morgan fingerprint density at radius 1 is 1.13 bits per heavy atom. The van der Waals surface area contributed by atoms with E-state index in [1.165, 1.54) is 32.1 Å². The SMILES string of the molecule is ICC1(OC2CCOCC2)CCCCC1. The molecule has 1 saturated heterocycles. The molecule has 2 fully saturated rings. The van der Waals surface area contributed by atoms with E-state index in [-0.39, 0.29) is 5.60 Å². The van der Waals surface area contributed by atoms with E-state index >= 15 is 0 Å². The average molecular weight is 324 g/mol. The molecule has 1 aliphatic carbocycles. The zero-order valence-electron chi connectivity index (χ0n) is 9.34. The highest BCUT2D eigenvalue weighted by atomic mass is 127. The van der Waals surface area contributed by atoms with E-state index in [0.717, 1.165) is 30.5 Å². The zero-order chi connectivity index (χ0) is 10.6. The van der Waals surface area contributed by atoms with Crippen LogP contribution < -0.4 is 0 Å². The number of hydrogen-bond acceptors (Lipinski definition) is 2. The minimum absolute atomic E-state index is 0.209. The molecule has 2 nitrogen and oxygen atoms in total. The topological polar surface area (TPSA) is 18.5 Å². The zero-order valence-corrected chi connectivity index (χ0v) is 11.5. The second kappa shape index (κ2) is 5.82. The Kier molecular flexibility index (Phi) is 4.70. The van der Waals surface area contributed by atoms with Gasteiger partial charge in [-0.15, -0.1) is 0 Å². The van der Waals surface area contributed by atoms with Crippen LogP contribution in [-0.4, -0.2) is 29.3 Å². The van der Waals surface area contributed by atoms with Crippen LogP contribution in [0.2, 0.25) is 0 Å². The van der Waals surface area contributed by atoms with Crippen molar-refractivity contribution in [1.82, 2.24) is 0 Å².